The van der Waals surface area contributed by atoms with Gasteiger partial charge >= 0.3 is 0 Å². The first-order valence-electron chi connectivity index (χ1n) is 46.1. The predicted molar refractivity (Wildman–Crippen MR) is 548 cm³/mol. The van der Waals surface area contributed by atoms with Gasteiger partial charge in [-0.15, -0.1) is 0 Å². The zero-order chi connectivity index (χ0) is 88.7. The molecule has 0 heteroatoms. The average Bonchev–Trinajstić information content (AvgIpc) is 1.55. The summed E-state index contributed by atoms with van der Waals surface area (Å²) >= 11 is 0. The minimum Gasteiger partial charge on any atom is -0.0622 e. The maximum Gasteiger partial charge on any atom is 0.0716 e. The molecule has 0 radical (unpaired) electrons. The summed E-state index contributed by atoms with van der Waals surface area (Å²) in [5.41, 5.74) is 47.1. The Kier molecular flexibility index (Phi) is 21.7. The smallest absolute Gasteiger partial charge is 0.0622 e. The van der Waals surface area contributed by atoms with E-state index in [4.69, 9.17) is 0 Å². The maximum absolute atomic E-state index is 2.38. The zero-order valence-electron chi connectivity index (χ0n) is 75.0. The van der Waals surface area contributed by atoms with Crippen molar-refractivity contribution in [3.8, 4) is 66.8 Å². The molecule has 20 aromatic carbocycles. The van der Waals surface area contributed by atoms with Crippen molar-refractivity contribution in [1.82, 2.24) is 0 Å². The van der Waals surface area contributed by atoms with Crippen molar-refractivity contribution < 1.29 is 0 Å². The van der Waals surface area contributed by atoms with Gasteiger partial charge < -0.3 is 0 Å². The standard InChI is InChI=1S/C32H24.3C26H20.C21H18/c1-23-16-21-29-28-14-8-9-15-30(28)32(31(29)22-23,26-12-6-3-7-13-26)27-19-17-25(18-20-27)24-10-4-2-5-11-24;1-19-11-5-8-16-23(19)26(20-12-3-2-4-13-20)24-17-9-6-14-21(24)22-15-7-10-18-25(22)26;1-19-10-9-13-21(18-19)26(20-11-3-2-4-12-20)24-16-7-5-14-22(24)23-15-6-8-17-25(23)26;1-19-15-17-21(18-16-19)26(20-9-3-2-4-10-20)24-13-7-5-11-22(24)23-12-6-8-14-25(23)26;1-15-12-13-18-17-10-6-7-11-19(17)21(2,20(18)14-15)16-8-4-3-5-9-16/h2-22H,1H3;3*2-18H,1H3;3-14H,1-2H3. The van der Waals surface area contributed by atoms with E-state index >= 15 is 0 Å². The molecule has 5 aliphatic carbocycles. The Bertz CT molecular complexity index is 7420. The van der Waals surface area contributed by atoms with Crippen LogP contribution in [0, 0.1) is 34.6 Å². The van der Waals surface area contributed by atoms with Gasteiger partial charge in [0.2, 0.25) is 0 Å². The van der Waals surface area contributed by atoms with E-state index in [2.05, 4.69) is 551 Å². The molecule has 2 unspecified atom stereocenters. The van der Waals surface area contributed by atoms with Crippen molar-refractivity contribution >= 4 is 0 Å². The van der Waals surface area contributed by atoms with Gasteiger partial charge in [-0.05, 0) is 220 Å². The SMILES string of the molecule is Cc1ccc(C2(c3ccccc3)c3ccccc3-c3ccccc32)cc1.Cc1ccc2c(c1)C(C)(c1ccccc1)c1ccccc1-2.Cc1ccc2c(c1)C(c1ccccc1)(c1ccc(-c3ccccc3)cc1)c1ccccc1-2.Cc1cccc(C2(c3ccccc3)c3ccccc3-c3ccccc32)c1.Cc1ccccc1C1(c2ccccc2)c2ccccc2-c2ccccc21. The van der Waals surface area contributed by atoms with Crippen molar-refractivity contribution in [2.75, 3.05) is 0 Å². The molecule has 5 aliphatic rings. The maximum atomic E-state index is 2.38. The average molecular weight is 1680 g/mol. The Morgan fingerprint density at radius 1 is 0.130 bits per heavy atom. The molecule has 0 amide bonds. The van der Waals surface area contributed by atoms with E-state index in [9.17, 15) is 0 Å². The van der Waals surface area contributed by atoms with Gasteiger partial charge in [0.05, 0.1) is 21.7 Å². The summed E-state index contributed by atoms with van der Waals surface area (Å²) in [5, 5.41) is 0. The fourth-order valence-electron chi connectivity index (χ4n) is 22.9. The van der Waals surface area contributed by atoms with E-state index in [1.54, 1.807) is 0 Å². The third kappa shape index (κ3) is 13.6. The summed E-state index contributed by atoms with van der Waals surface area (Å²) in [6.07, 6.45) is 0. The molecule has 0 heterocycles. The quantitative estimate of drug-likeness (QED) is 0.128. The van der Waals surface area contributed by atoms with E-state index in [1.165, 1.54) is 200 Å². The van der Waals surface area contributed by atoms with Crippen LogP contribution < -0.4 is 0 Å². The lowest BCUT2D eigenvalue weighted by Crippen LogP contribution is -2.29. The Labute approximate surface area is 773 Å². The molecular weight excluding hydrogens is 1570 g/mol. The highest BCUT2D eigenvalue weighted by molar-refractivity contribution is 5.92. The summed E-state index contributed by atoms with van der Waals surface area (Å²) in [5.74, 6) is 0. The van der Waals surface area contributed by atoms with Gasteiger partial charge in [-0.2, -0.15) is 0 Å². The first-order chi connectivity index (χ1) is 64.5. The molecule has 0 bridgehead atoms. The van der Waals surface area contributed by atoms with Crippen LogP contribution in [0.5, 0.6) is 0 Å². The molecule has 131 heavy (non-hydrogen) atoms. The Hall–Kier alpha value is -15.6. The molecule has 0 saturated carbocycles. The van der Waals surface area contributed by atoms with Crippen LogP contribution in [0.4, 0.5) is 0 Å². The molecule has 25 rings (SSSR count). The van der Waals surface area contributed by atoms with Crippen LogP contribution in [0.3, 0.4) is 0 Å². The van der Waals surface area contributed by atoms with Crippen LogP contribution in [0.2, 0.25) is 0 Å². The first kappa shape index (κ1) is 82.4. The zero-order valence-corrected chi connectivity index (χ0v) is 75.0. The summed E-state index contributed by atoms with van der Waals surface area (Å²) in [6, 6.07) is 186. The summed E-state index contributed by atoms with van der Waals surface area (Å²) < 4.78 is 0. The lowest BCUT2D eigenvalue weighted by Gasteiger charge is -2.35. The predicted octanol–water partition coefficient (Wildman–Crippen LogP) is 32.4. The molecule has 0 aliphatic heterocycles. The van der Waals surface area contributed by atoms with Gasteiger partial charge in [0.1, 0.15) is 0 Å². The second-order valence-electron chi connectivity index (χ2n) is 35.9. The molecule has 0 N–H and O–H groups in total. The topological polar surface area (TPSA) is 0 Å². The molecule has 0 fully saturated rings. The van der Waals surface area contributed by atoms with Gasteiger partial charge in [-0.3, -0.25) is 0 Å². The van der Waals surface area contributed by atoms with E-state index in [1.807, 2.05) is 0 Å². The molecule has 0 saturated heterocycles. The van der Waals surface area contributed by atoms with Crippen molar-refractivity contribution in [2.24, 2.45) is 0 Å². The normalized spacial score (nSPS) is 15.3. The Morgan fingerprint density at radius 3 is 0.748 bits per heavy atom. The summed E-state index contributed by atoms with van der Waals surface area (Å²) in [6.45, 7) is 13.3. The van der Waals surface area contributed by atoms with Gasteiger partial charge in [0, 0.05) is 5.41 Å². The molecular formula is C131H102. The molecule has 20 aromatic rings. The minimum atomic E-state index is -0.325. The minimum absolute atomic E-state index is 0.0563. The van der Waals surface area contributed by atoms with Crippen molar-refractivity contribution in [3.63, 3.8) is 0 Å². The fourth-order valence-corrected chi connectivity index (χ4v) is 22.9. The molecule has 0 aromatic heterocycles. The highest BCUT2D eigenvalue weighted by atomic mass is 14.5. The van der Waals surface area contributed by atoms with Gasteiger partial charge in [0.25, 0.3) is 0 Å². The fraction of sp³-hybridized carbons (Fsp3) is 0.0840. The van der Waals surface area contributed by atoms with E-state index < -0.39 is 0 Å². The highest BCUT2D eigenvalue weighted by Crippen LogP contribution is 2.62. The van der Waals surface area contributed by atoms with Crippen molar-refractivity contribution in [1.29, 1.82) is 0 Å². The second-order valence-corrected chi connectivity index (χ2v) is 35.9. The third-order valence-electron chi connectivity index (χ3n) is 28.6. The summed E-state index contributed by atoms with van der Waals surface area (Å²) in [7, 11) is 0. The van der Waals surface area contributed by atoms with Crippen LogP contribution in [0.15, 0.2) is 510 Å². The number of benzene rings is 20. The number of hydrogen-bond donors (Lipinski definition) is 0. The van der Waals surface area contributed by atoms with Crippen molar-refractivity contribution in [3.05, 3.63) is 643 Å². The third-order valence-corrected chi connectivity index (χ3v) is 28.6. The highest BCUT2D eigenvalue weighted by Gasteiger charge is 2.51. The first-order valence-corrected chi connectivity index (χ1v) is 46.1. The van der Waals surface area contributed by atoms with Gasteiger partial charge in [-0.1, -0.05) is 532 Å². The largest absolute Gasteiger partial charge is 0.0716 e. The molecule has 0 nitrogen and oxygen atoms in total. The lowest BCUT2D eigenvalue weighted by atomic mass is 9.66. The number of fused-ring (bicyclic) bond motifs is 15. The molecule has 0 spiro atoms. The second kappa shape index (κ2) is 34.5. The molecule has 626 valence electrons. The number of hydrogen-bond acceptors (Lipinski definition) is 0. The van der Waals surface area contributed by atoms with Gasteiger partial charge in [0.15, 0.2) is 0 Å². The van der Waals surface area contributed by atoms with Crippen LogP contribution in [0.25, 0.3) is 66.8 Å². The van der Waals surface area contributed by atoms with E-state index in [-0.39, 0.29) is 27.1 Å². The number of rotatable bonds is 10. The molecule has 2 atom stereocenters. The van der Waals surface area contributed by atoms with Crippen LogP contribution in [-0.4, -0.2) is 0 Å². The van der Waals surface area contributed by atoms with E-state index in [0.29, 0.717) is 0 Å². The van der Waals surface area contributed by atoms with Crippen LogP contribution >= 0.6 is 0 Å². The lowest BCUT2D eigenvalue weighted by molar-refractivity contribution is 0.713. The van der Waals surface area contributed by atoms with Crippen molar-refractivity contribution in [2.45, 2.75) is 68.6 Å². The summed E-state index contributed by atoms with van der Waals surface area (Å²) in [4.78, 5) is 0. The Balaban J connectivity index is 0.0000000995. The van der Waals surface area contributed by atoms with Gasteiger partial charge in [-0.25, -0.2) is 0 Å². The van der Waals surface area contributed by atoms with E-state index in [0.717, 1.165) is 0 Å². The van der Waals surface area contributed by atoms with Crippen LogP contribution in [0.1, 0.15) is 140 Å². The Morgan fingerprint density at radius 2 is 0.366 bits per heavy atom. The number of aryl methyl sites for hydroxylation is 5. The van der Waals surface area contributed by atoms with Crippen LogP contribution in [-0.2, 0) is 27.1 Å². The monoisotopic (exact) mass is 1670 g/mol.